The van der Waals surface area contributed by atoms with Crippen molar-refractivity contribution >= 4 is 35.0 Å². The molecule has 8 heteroatoms. The number of ether oxygens (including phenoxy) is 1. The van der Waals surface area contributed by atoms with Crippen molar-refractivity contribution in [3.63, 3.8) is 0 Å². The summed E-state index contributed by atoms with van der Waals surface area (Å²) in [6, 6.07) is 5.50. The number of carbonyl (C=O) groups excluding carboxylic acids is 2. The number of amidine groups is 1. The van der Waals surface area contributed by atoms with Crippen LogP contribution in [0.5, 0.6) is 5.75 Å². The SMILES string of the molecule is COC(=O)/C=C1/S/C(=N\N=Cc2ccc(C3CC3)cc2O)NC1=O. The van der Waals surface area contributed by atoms with E-state index in [4.69, 9.17) is 0 Å². The standard InChI is InChI=1S/C16H15N3O4S/c1-23-14(21)7-13-15(22)18-16(24-13)19-17-8-11-5-4-10(6-12(11)20)9-2-3-9/h4-9,20H,2-3H2,1H3,(H,18,19,22)/b13-7+,17-8?. The number of rotatable bonds is 4. The van der Waals surface area contributed by atoms with Crippen LogP contribution in [0.1, 0.15) is 29.9 Å². The van der Waals surface area contributed by atoms with Gasteiger partial charge < -0.3 is 9.84 Å². The first-order valence-corrected chi connectivity index (χ1v) is 8.11. The highest BCUT2D eigenvalue weighted by Crippen LogP contribution is 2.41. The Labute approximate surface area is 142 Å². The van der Waals surface area contributed by atoms with Gasteiger partial charge in [0.05, 0.1) is 18.2 Å². The summed E-state index contributed by atoms with van der Waals surface area (Å²) in [5.41, 5.74) is 1.68. The molecule has 1 aliphatic heterocycles. The second kappa shape index (κ2) is 6.88. The van der Waals surface area contributed by atoms with Gasteiger partial charge in [0, 0.05) is 11.6 Å². The number of methoxy groups -OCH3 is 1. The molecule has 124 valence electrons. The van der Waals surface area contributed by atoms with E-state index in [-0.39, 0.29) is 15.8 Å². The summed E-state index contributed by atoms with van der Waals surface area (Å²) < 4.78 is 4.47. The maximum Gasteiger partial charge on any atom is 0.331 e. The highest BCUT2D eigenvalue weighted by atomic mass is 32.2. The van der Waals surface area contributed by atoms with E-state index in [0.29, 0.717) is 11.5 Å². The third-order valence-electron chi connectivity index (χ3n) is 3.55. The molecule has 24 heavy (non-hydrogen) atoms. The fraction of sp³-hybridized carbons (Fsp3) is 0.250. The Morgan fingerprint density at radius 2 is 2.25 bits per heavy atom. The van der Waals surface area contributed by atoms with Gasteiger partial charge in [0.1, 0.15) is 5.75 Å². The molecule has 0 radical (unpaired) electrons. The second-order valence-electron chi connectivity index (χ2n) is 5.33. The van der Waals surface area contributed by atoms with Crippen molar-refractivity contribution in [2.24, 2.45) is 10.2 Å². The summed E-state index contributed by atoms with van der Waals surface area (Å²) in [4.78, 5) is 23.0. The quantitative estimate of drug-likeness (QED) is 0.376. The Morgan fingerprint density at radius 3 is 2.92 bits per heavy atom. The van der Waals surface area contributed by atoms with Crippen molar-refractivity contribution < 1.29 is 19.4 Å². The van der Waals surface area contributed by atoms with Gasteiger partial charge in [-0.15, -0.1) is 5.10 Å². The highest BCUT2D eigenvalue weighted by Gasteiger charge is 2.25. The number of carbonyl (C=O) groups is 2. The van der Waals surface area contributed by atoms with Gasteiger partial charge >= 0.3 is 5.97 Å². The van der Waals surface area contributed by atoms with Gasteiger partial charge in [-0.2, -0.15) is 5.10 Å². The number of amides is 1. The van der Waals surface area contributed by atoms with Crippen LogP contribution in [0, 0.1) is 0 Å². The molecular weight excluding hydrogens is 330 g/mol. The van der Waals surface area contributed by atoms with Crippen LogP contribution in [-0.2, 0) is 14.3 Å². The first-order valence-electron chi connectivity index (χ1n) is 7.29. The zero-order chi connectivity index (χ0) is 17.1. The number of benzene rings is 1. The van der Waals surface area contributed by atoms with Crippen molar-refractivity contribution in [1.82, 2.24) is 5.32 Å². The Balaban J connectivity index is 1.67. The molecule has 1 heterocycles. The Hall–Kier alpha value is -2.61. The lowest BCUT2D eigenvalue weighted by Gasteiger charge is -2.01. The van der Waals surface area contributed by atoms with E-state index >= 15 is 0 Å². The van der Waals surface area contributed by atoms with Gasteiger partial charge in [-0.05, 0) is 48.2 Å². The van der Waals surface area contributed by atoms with E-state index in [1.165, 1.54) is 26.2 Å². The number of nitrogens with zero attached hydrogens (tertiary/aromatic N) is 2. The van der Waals surface area contributed by atoms with Crippen molar-refractivity contribution in [2.45, 2.75) is 18.8 Å². The molecule has 0 aromatic heterocycles. The summed E-state index contributed by atoms with van der Waals surface area (Å²) in [6.07, 6.45) is 4.83. The van der Waals surface area contributed by atoms with Crippen molar-refractivity contribution in [2.75, 3.05) is 7.11 Å². The lowest BCUT2D eigenvalue weighted by molar-refractivity contribution is -0.135. The topological polar surface area (TPSA) is 100 Å². The molecule has 1 saturated carbocycles. The predicted molar refractivity (Wildman–Crippen MR) is 90.9 cm³/mol. The van der Waals surface area contributed by atoms with Crippen LogP contribution in [0.3, 0.4) is 0 Å². The molecule has 2 aliphatic rings. The van der Waals surface area contributed by atoms with E-state index in [2.05, 4.69) is 20.3 Å². The smallest absolute Gasteiger partial charge is 0.331 e. The lowest BCUT2D eigenvalue weighted by atomic mass is 10.1. The average molecular weight is 345 g/mol. The first kappa shape index (κ1) is 16.3. The molecule has 0 unspecified atom stereocenters. The number of esters is 1. The van der Waals surface area contributed by atoms with Gasteiger partial charge in [0.2, 0.25) is 0 Å². The number of phenolic OH excluding ortho intramolecular Hbond substituents is 1. The second-order valence-corrected chi connectivity index (χ2v) is 6.36. The molecular formula is C16H15N3O4S. The number of hydrogen-bond donors (Lipinski definition) is 2. The van der Waals surface area contributed by atoms with Crippen LogP contribution >= 0.6 is 11.8 Å². The monoisotopic (exact) mass is 345 g/mol. The fourth-order valence-electron chi connectivity index (χ4n) is 2.13. The third kappa shape index (κ3) is 3.83. The molecule has 2 N–H and O–H groups in total. The molecule has 7 nitrogen and oxygen atoms in total. The van der Waals surface area contributed by atoms with Crippen LogP contribution in [0.15, 0.2) is 39.4 Å². The summed E-state index contributed by atoms with van der Waals surface area (Å²) in [6.45, 7) is 0. The molecule has 1 aliphatic carbocycles. The summed E-state index contributed by atoms with van der Waals surface area (Å²) in [7, 11) is 1.23. The third-order valence-corrected chi connectivity index (χ3v) is 4.45. The van der Waals surface area contributed by atoms with Crippen LogP contribution in [0.4, 0.5) is 0 Å². The van der Waals surface area contributed by atoms with Gasteiger partial charge in [-0.3, -0.25) is 10.1 Å². The molecule has 1 aromatic rings. The maximum atomic E-state index is 11.6. The maximum absolute atomic E-state index is 11.6. The van der Waals surface area contributed by atoms with E-state index in [1.807, 2.05) is 6.07 Å². The molecule has 0 bridgehead atoms. The normalized spacial score (nSPS) is 20.8. The minimum atomic E-state index is -0.613. The van der Waals surface area contributed by atoms with Crippen LogP contribution in [-0.4, -0.2) is 35.5 Å². The Morgan fingerprint density at radius 1 is 1.46 bits per heavy atom. The predicted octanol–water partition coefficient (Wildman–Crippen LogP) is 1.88. The molecule has 3 rings (SSSR count). The number of nitrogens with one attached hydrogen (secondary N) is 1. The zero-order valence-corrected chi connectivity index (χ0v) is 13.7. The van der Waals surface area contributed by atoms with Crippen LogP contribution in [0.25, 0.3) is 0 Å². The number of phenols is 1. The van der Waals surface area contributed by atoms with Crippen LogP contribution in [0.2, 0.25) is 0 Å². The van der Waals surface area contributed by atoms with E-state index in [1.54, 1.807) is 12.1 Å². The number of aromatic hydroxyl groups is 1. The van der Waals surface area contributed by atoms with Crippen molar-refractivity contribution in [1.29, 1.82) is 0 Å². The lowest BCUT2D eigenvalue weighted by Crippen LogP contribution is -2.19. The van der Waals surface area contributed by atoms with Gasteiger partial charge in [-0.25, -0.2) is 4.79 Å². The fourth-order valence-corrected chi connectivity index (χ4v) is 2.86. The largest absolute Gasteiger partial charge is 0.507 e. The first-order chi connectivity index (χ1) is 11.6. The minimum absolute atomic E-state index is 0.151. The zero-order valence-electron chi connectivity index (χ0n) is 12.9. The van der Waals surface area contributed by atoms with E-state index < -0.39 is 11.9 Å². The van der Waals surface area contributed by atoms with Crippen molar-refractivity contribution in [3.05, 3.63) is 40.3 Å². The molecule has 1 amide bonds. The minimum Gasteiger partial charge on any atom is -0.507 e. The summed E-state index contributed by atoms with van der Waals surface area (Å²) in [5, 5.41) is 20.5. The van der Waals surface area contributed by atoms with E-state index in [9.17, 15) is 14.7 Å². The van der Waals surface area contributed by atoms with Gasteiger partial charge in [0.15, 0.2) is 5.17 Å². The molecule has 2 fully saturated rings. The van der Waals surface area contributed by atoms with Gasteiger partial charge in [-0.1, -0.05) is 6.07 Å². The van der Waals surface area contributed by atoms with Gasteiger partial charge in [0.25, 0.3) is 5.91 Å². The number of thioether (sulfide) groups is 1. The Kier molecular flexibility index (Phi) is 4.66. The molecule has 0 spiro atoms. The average Bonchev–Trinajstić information content (AvgIpc) is 3.35. The number of hydrogen-bond acceptors (Lipinski definition) is 7. The highest BCUT2D eigenvalue weighted by molar-refractivity contribution is 8.18. The summed E-state index contributed by atoms with van der Waals surface area (Å²) in [5.74, 6) is -0.334. The summed E-state index contributed by atoms with van der Waals surface area (Å²) >= 11 is 0.990. The molecule has 1 saturated heterocycles. The Bertz CT molecular complexity index is 782. The molecule has 1 aromatic carbocycles. The van der Waals surface area contributed by atoms with Crippen LogP contribution < -0.4 is 5.32 Å². The van der Waals surface area contributed by atoms with Crippen molar-refractivity contribution in [3.8, 4) is 5.75 Å². The van der Waals surface area contributed by atoms with E-state index in [0.717, 1.165) is 23.4 Å². The molecule has 0 atom stereocenters.